The average molecular weight is 380 g/mol. The molecule has 1 atom stereocenters. The highest BCUT2D eigenvalue weighted by Crippen LogP contribution is 2.23. The summed E-state index contributed by atoms with van der Waals surface area (Å²) < 4.78 is 13.8. The van der Waals surface area contributed by atoms with Crippen LogP contribution in [0.1, 0.15) is 25.5 Å². The number of nitrogens with one attached hydrogen (secondary N) is 2. The van der Waals surface area contributed by atoms with Crippen LogP contribution in [0.25, 0.3) is 0 Å². The number of amides is 2. The van der Waals surface area contributed by atoms with Gasteiger partial charge >= 0.3 is 6.03 Å². The van der Waals surface area contributed by atoms with Gasteiger partial charge in [-0.05, 0) is 41.5 Å². The largest absolute Gasteiger partial charge is 0.336 e. The quantitative estimate of drug-likeness (QED) is 0.535. The van der Waals surface area contributed by atoms with Crippen molar-refractivity contribution in [1.29, 1.82) is 0 Å². The summed E-state index contributed by atoms with van der Waals surface area (Å²) in [5, 5.41) is 19.9. The molecule has 0 saturated carbocycles. The molecule has 0 aliphatic carbocycles. The number of nitro benzene ring substituents is 1. The van der Waals surface area contributed by atoms with E-state index in [2.05, 4.69) is 15.5 Å². The minimum Gasteiger partial charge on any atom is -0.336 e. The summed E-state index contributed by atoms with van der Waals surface area (Å²) >= 11 is 1.58. The van der Waals surface area contributed by atoms with E-state index in [0.29, 0.717) is 6.54 Å². The third-order valence-corrected chi connectivity index (χ3v) is 4.75. The molecule has 2 rings (SSSR count). The van der Waals surface area contributed by atoms with Crippen LogP contribution in [0.4, 0.5) is 20.6 Å². The van der Waals surface area contributed by atoms with Gasteiger partial charge in [-0.15, -0.1) is 0 Å². The molecule has 1 aromatic heterocycles. The standard InChI is InChI=1S/C17H21FN4O3S/c1-3-21(4-2)16(12-7-8-26-11-12)10-19-17(23)20-15-9-13(22(24)25)5-6-14(15)18/h5-9,11,16H,3-4,10H2,1-2H3,(H2,19,20,23). The van der Waals surface area contributed by atoms with E-state index >= 15 is 0 Å². The van der Waals surface area contributed by atoms with Gasteiger partial charge < -0.3 is 10.6 Å². The monoisotopic (exact) mass is 380 g/mol. The number of urea groups is 1. The molecular formula is C17H21FN4O3S. The Bertz CT molecular complexity index is 750. The fourth-order valence-corrected chi connectivity index (χ4v) is 3.37. The van der Waals surface area contributed by atoms with Crippen LogP contribution in [0.3, 0.4) is 0 Å². The lowest BCUT2D eigenvalue weighted by atomic mass is 10.1. The Morgan fingerprint density at radius 1 is 1.35 bits per heavy atom. The Morgan fingerprint density at radius 3 is 2.65 bits per heavy atom. The molecule has 0 aliphatic heterocycles. The molecule has 1 unspecified atom stereocenters. The maximum Gasteiger partial charge on any atom is 0.319 e. The molecule has 26 heavy (non-hydrogen) atoms. The number of rotatable bonds is 8. The third-order valence-electron chi connectivity index (χ3n) is 4.05. The molecule has 2 amide bonds. The Labute approximate surface area is 155 Å². The van der Waals surface area contributed by atoms with Crippen LogP contribution in [-0.4, -0.2) is 35.5 Å². The van der Waals surface area contributed by atoms with E-state index in [0.717, 1.165) is 36.9 Å². The van der Waals surface area contributed by atoms with Crippen molar-refractivity contribution in [2.24, 2.45) is 0 Å². The lowest BCUT2D eigenvalue weighted by Crippen LogP contribution is -2.39. The van der Waals surface area contributed by atoms with E-state index in [4.69, 9.17) is 0 Å². The average Bonchev–Trinajstić information content (AvgIpc) is 3.14. The second kappa shape index (κ2) is 9.25. The zero-order chi connectivity index (χ0) is 19.1. The lowest BCUT2D eigenvalue weighted by Gasteiger charge is -2.29. The number of non-ortho nitro benzene ring substituents is 1. The molecule has 7 nitrogen and oxygen atoms in total. The summed E-state index contributed by atoms with van der Waals surface area (Å²) in [5.41, 5.74) is 0.577. The number of halogens is 1. The molecule has 0 saturated heterocycles. The van der Waals surface area contributed by atoms with Crippen molar-refractivity contribution in [2.45, 2.75) is 19.9 Å². The van der Waals surface area contributed by atoms with Gasteiger partial charge in [-0.3, -0.25) is 15.0 Å². The number of likely N-dealkylation sites (N-methyl/N-ethyl adjacent to an activating group) is 1. The molecular weight excluding hydrogens is 359 g/mol. The lowest BCUT2D eigenvalue weighted by molar-refractivity contribution is -0.384. The van der Waals surface area contributed by atoms with E-state index in [1.54, 1.807) is 11.3 Å². The predicted octanol–water partition coefficient (Wildman–Crippen LogP) is 4.00. The zero-order valence-electron chi connectivity index (χ0n) is 14.6. The zero-order valence-corrected chi connectivity index (χ0v) is 15.4. The Hall–Kier alpha value is -2.52. The van der Waals surface area contributed by atoms with Crippen molar-refractivity contribution < 1.29 is 14.1 Å². The number of nitrogens with zero attached hydrogens (tertiary/aromatic N) is 2. The van der Waals surface area contributed by atoms with Crippen molar-refractivity contribution in [3.63, 3.8) is 0 Å². The SMILES string of the molecule is CCN(CC)C(CNC(=O)Nc1cc([N+](=O)[O-])ccc1F)c1ccsc1. The minimum absolute atomic E-state index is 0.00282. The summed E-state index contributed by atoms with van der Waals surface area (Å²) in [6, 6.07) is 4.39. The molecule has 0 radical (unpaired) electrons. The van der Waals surface area contributed by atoms with Gasteiger partial charge in [0, 0.05) is 18.7 Å². The maximum atomic E-state index is 13.8. The normalized spacial score (nSPS) is 12.0. The van der Waals surface area contributed by atoms with Crippen molar-refractivity contribution in [3.8, 4) is 0 Å². The summed E-state index contributed by atoms with van der Waals surface area (Å²) in [4.78, 5) is 24.5. The minimum atomic E-state index is -0.733. The van der Waals surface area contributed by atoms with Gasteiger partial charge in [0.25, 0.3) is 5.69 Å². The van der Waals surface area contributed by atoms with Gasteiger partial charge in [0.1, 0.15) is 5.82 Å². The van der Waals surface area contributed by atoms with Crippen LogP contribution in [0, 0.1) is 15.9 Å². The van der Waals surface area contributed by atoms with Crippen LogP contribution in [-0.2, 0) is 0 Å². The predicted molar refractivity (Wildman–Crippen MR) is 100 cm³/mol. The van der Waals surface area contributed by atoms with Gasteiger partial charge in [-0.25, -0.2) is 9.18 Å². The molecule has 0 spiro atoms. The van der Waals surface area contributed by atoms with E-state index in [1.165, 1.54) is 0 Å². The highest BCUT2D eigenvalue weighted by Gasteiger charge is 2.20. The Kier molecular flexibility index (Phi) is 7.05. The van der Waals surface area contributed by atoms with Crippen LogP contribution >= 0.6 is 11.3 Å². The van der Waals surface area contributed by atoms with Crippen LogP contribution in [0.15, 0.2) is 35.0 Å². The molecule has 9 heteroatoms. The summed E-state index contributed by atoms with van der Waals surface area (Å²) in [6.07, 6.45) is 0. The van der Waals surface area contributed by atoms with Crippen molar-refractivity contribution >= 4 is 28.7 Å². The molecule has 0 fully saturated rings. The highest BCUT2D eigenvalue weighted by atomic mass is 32.1. The van der Waals surface area contributed by atoms with E-state index in [-0.39, 0.29) is 17.4 Å². The molecule has 2 N–H and O–H groups in total. The van der Waals surface area contributed by atoms with E-state index in [9.17, 15) is 19.3 Å². The maximum absolute atomic E-state index is 13.8. The molecule has 1 aromatic carbocycles. The highest BCUT2D eigenvalue weighted by molar-refractivity contribution is 7.07. The molecule has 0 bridgehead atoms. The van der Waals surface area contributed by atoms with Crippen molar-refractivity contribution in [1.82, 2.24) is 10.2 Å². The number of hydrogen-bond donors (Lipinski definition) is 2. The number of anilines is 1. The van der Waals surface area contributed by atoms with Gasteiger partial charge in [0.05, 0.1) is 16.7 Å². The van der Waals surface area contributed by atoms with Crippen LogP contribution in [0.5, 0.6) is 0 Å². The smallest absolute Gasteiger partial charge is 0.319 e. The van der Waals surface area contributed by atoms with Gasteiger partial charge in [-0.2, -0.15) is 11.3 Å². The second-order valence-electron chi connectivity index (χ2n) is 5.55. The molecule has 0 aliphatic rings. The van der Waals surface area contributed by atoms with E-state index < -0.39 is 16.8 Å². The number of carbonyl (C=O) groups excluding carboxylic acids is 1. The number of benzene rings is 1. The van der Waals surface area contributed by atoms with Crippen molar-refractivity contribution in [2.75, 3.05) is 25.0 Å². The fraction of sp³-hybridized carbons (Fsp3) is 0.353. The topological polar surface area (TPSA) is 87.5 Å². The van der Waals surface area contributed by atoms with Gasteiger partial charge in [-0.1, -0.05) is 13.8 Å². The fourth-order valence-electron chi connectivity index (χ4n) is 2.67. The third kappa shape index (κ3) is 4.99. The van der Waals surface area contributed by atoms with Crippen molar-refractivity contribution in [3.05, 3.63) is 56.5 Å². The van der Waals surface area contributed by atoms with Crippen LogP contribution < -0.4 is 10.6 Å². The first kappa shape index (κ1) is 19.8. The van der Waals surface area contributed by atoms with Crippen LogP contribution in [0.2, 0.25) is 0 Å². The Balaban J connectivity index is 2.04. The van der Waals surface area contributed by atoms with Gasteiger partial charge in [0.2, 0.25) is 0 Å². The molecule has 2 aromatic rings. The molecule has 140 valence electrons. The summed E-state index contributed by atoms with van der Waals surface area (Å²) in [5.74, 6) is -0.733. The van der Waals surface area contributed by atoms with E-state index in [1.807, 2.05) is 30.7 Å². The number of nitro groups is 1. The number of thiophene rings is 1. The first-order chi connectivity index (χ1) is 12.5. The summed E-state index contributed by atoms with van der Waals surface area (Å²) in [6.45, 7) is 6.06. The number of carbonyl (C=O) groups is 1. The first-order valence-corrected chi connectivity index (χ1v) is 9.15. The Morgan fingerprint density at radius 2 is 2.08 bits per heavy atom. The summed E-state index contributed by atoms with van der Waals surface area (Å²) in [7, 11) is 0. The van der Waals surface area contributed by atoms with Gasteiger partial charge in [0.15, 0.2) is 0 Å². The number of hydrogen-bond acceptors (Lipinski definition) is 5. The first-order valence-electron chi connectivity index (χ1n) is 8.21. The second-order valence-corrected chi connectivity index (χ2v) is 6.33. The molecule has 1 heterocycles.